The van der Waals surface area contributed by atoms with Crippen molar-refractivity contribution in [3.05, 3.63) is 59.9 Å². The number of hydrogen-bond donors (Lipinski definition) is 1. The van der Waals surface area contributed by atoms with Gasteiger partial charge in [-0.25, -0.2) is 9.67 Å². The Kier molecular flexibility index (Phi) is 3.11. The van der Waals surface area contributed by atoms with E-state index in [-0.39, 0.29) is 5.91 Å². The third-order valence-electron chi connectivity index (χ3n) is 3.83. The number of carbonyl (C=O) groups excluding carboxylic acids is 1. The molecule has 1 aliphatic carbocycles. The van der Waals surface area contributed by atoms with Gasteiger partial charge >= 0.3 is 0 Å². The number of amides is 1. The molecule has 5 nitrogen and oxygen atoms in total. The summed E-state index contributed by atoms with van der Waals surface area (Å²) in [6.45, 7) is 0.672. The van der Waals surface area contributed by atoms with E-state index >= 15 is 0 Å². The fourth-order valence-electron chi connectivity index (χ4n) is 2.46. The zero-order valence-electron chi connectivity index (χ0n) is 12.1. The summed E-state index contributed by atoms with van der Waals surface area (Å²) in [6, 6.07) is 12.3. The maximum atomic E-state index is 12.1. The quantitative estimate of drug-likeness (QED) is 0.803. The van der Waals surface area contributed by atoms with Crippen LogP contribution in [0.3, 0.4) is 0 Å². The number of benzene rings is 1. The zero-order valence-corrected chi connectivity index (χ0v) is 12.1. The zero-order chi connectivity index (χ0) is 14.9. The molecule has 2 aromatic heterocycles. The second kappa shape index (κ2) is 5.26. The number of nitrogens with one attached hydrogen (secondary N) is 1. The largest absolute Gasteiger partial charge is 0.349 e. The molecule has 3 aromatic rings. The number of pyridine rings is 1. The molecule has 4 rings (SSSR count). The number of hydrogen-bond acceptors (Lipinski definition) is 3. The summed E-state index contributed by atoms with van der Waals surface area (Å²) in [5, 5.41) is 8.25. The first-order valence-electron chi connectivity index (χ1n) is 7.46. The average molecular weight is 292 g/mol. The van der Waals surface area contributed by atoms with Gasteiger partial charge in [-0.05, 0) is 24.5 Å². The van der Waals surface area contributed by atoms with Crippen molar-refractivity contribution >= 4 is 16.9 Å². The van der Waals surface area contributed by atoms with Crippen LogP contribution in [0.1, 0.15) is 28.8 Å². The second-order valence-electron chi connectivity index (χ2n) is 5.67. The summed E-state index contributed by atoms with van der Waals surface area (Å²) in [6.07, 6.45) is 5.55. The summed E-state index contributed by atoms with van der Waals surface area (Å²) in [4.78, 5) is 16.5. The molecule has 0 unspecified atom stereocenters. The van der Waals surface area contributed by atoms with E-state index in [4.69, 9.17) is 0 Å². The fraction of sp³-hybridized carbons (Fsp3) is 0.235. The first kappa shape index (κ1) is 13.0. The van der Waals surface area contributed by atoms with Gasteiger partial charge in [-0.1, -0.05) is 30.3 Å². The predicted octanol–water partition coefficient (Wildman–Crippen LogP) is 2.37. The molecule has 1 aromatic carbocycles. The molecule has 1 N–H and O–H groups in total. The SMILES string of the molecule is O=C(NC1CC1)c1cnc2c(cnn2Cc2ccccc2)c1. The number of fused-ring (bicyclic) bond motifs is 1. The van der Waals surface area contributed by atoms with Gasteiger partial charge in [-0.2, -0.15) is 5.10 Å². The van der Waals surface area contributed by atoms with Gasteiger partial charge < -0.3 is 5.32 Å². The number of carbonyl (C=O) groups is 1. The molecule has 0 aliphatic heterocycles. The maximum Gasteiger partial charge on any atom is 0.253 e. The predicted molar refractivity (Wildman–Crippen MR) is 83.6 cm³/mol. The highest BCUT2D eigenvalue weighted by molar-refractivity contribution is 5.97. The molecular weight excluding hydrogens is 276 g/mol. The van der Waals surface area contributed by atoms with Gasteiger partial charge in [-0.3, -0.25) is 4.79 Å². The van der Waals surface area contributed by atoms with E-state index < -0.39 is 0 Å². The van der Waals surface area contributed by atoms with Gasteiger partial charge in [0.15, 0.2) is 5.65 Å². The van der Waals surface area contributed by atoms with Crippen LogP contribution >= 0.6 is 0 Å². The van der Waals surface area contributed by atoms with Crippen LogP contribution in [-0.4, -0.2) is 26.7 Å². The monoisotopic (exact) mass is 292 g/mol. The normalized spacial score (nSPS) is 14.2. The van der Waals surface area contributed by atoms with Crippen molar-refractivity contribution in [2.45, 2.75) is 25.4 Å². The Morgan fingerprint density at radius 3 is 2.82 bits per heavy atom. The maximum absolute atomic E-state index is 12.1. The first-order valence-corrected chi connectivity index (χ1v) is 7.46. The molecule has 110 valence electrons. The molecule has 2 heterocycles. The van der Waals surface area contributed by atoms with E-state index in [0.717, 1.165) is 23.9 Å². The molecule has 1 saturated carbocycles. The van der Waals surface area contributed by atoms with Crippen LogP contribution in [0.4, 0.5) is 0 Å². The van der Waals surface area contributed by atoms with Gasteiger partial charge in [0.1, 0.15) is 0 Å². The van der Waals surface area contributed by atoms with Gasteiger partial charge in [0.05, 0.1) is 18.3 Å². The van der Waals surface area contributed by atoms with E-state index in [1.165, 1.54) is 5.56 Å². The minimum Gasteiger partial charge on any atom is -0.349 e. The van der Waals surface area contributed by atoms with Crippen LogP contribution in [0, 0.1) is 0 Å². The van der Waals surface area contributed by atoms with Crippen molar-refractivity contribution in [1.29, 1.82) is 0 Å². The van der Waals surface area contributed by atoms with Crippen LogP contribution in [0.25, 0.3) is 11.0 Å². The number of rotatable bonds is 4. The highest BCUT2D eigenvalue weighted by Gasteiger charge is 2.24. The Hall–Kier alpha value is -2.69. The van der Waals surface area contributed by atoms with Crippen LogP contribution in [-0.2, 0) is 6.54 Å². The molecular formula is C17H16N4O. The molecule has 5 heteroatoms. The highest BCUT2D eigenvalue weighted by atomic mass is 16.1. The third kappa shape index (κ3) is 2.57. The van der Waals surface area contributed by atoms with E-state index in [2.05, 4.69) is 27.5 Å². The fourth-order valence-corrected chi connectivity index (χ4v) is 2.46. The Bertz CT molecular complexity index is 821. The van der Waals surface area contributed by atoms with Crippen LogP contribution in [0.2, 0.25) is 0 Å². The second-order valence-corrected chi connectivity index (χ2v) is 5.67. The Labute approximate surface area is 128 Å². The highest BCUT2D eigenvalue weighted by Crippen LogP contribution is 2.20. The number of nitrogens with zero attached hydrogens (tertiary/aromatic N) is 3. The molecule has 1 aliphatic rings. The van der Waals surface area contributed by atoms with Gasteiger partial charge in [0.2, 0.25) is 0 Å². The summed E-state index contributed by atoms with van der Waals surface area (Å²) in [5.74, 6) is -0.0484. The van der Waals surface area contributed by atoms with Crippen molar-refractivity contribution in [3.8, 4) is 0 Å². The van der Waals surface area contributed by atoms with E-state index in [0.29, 0.717) is 18.2 Å². The molecule has 22 heavy (non-hydrogen) atoms. The number of aromatic nitrogens is 3. The summed E-state index contributed by atoms with van der Waals surface area (Å²) < 4.78 is 1.85. The third-order valence-corrected chi connectivity index (χ3v) is 3.83. The van der Waals surface area contributed by atoms with Crippen LogP contribution in [0.5, 0.6) is 0 Å². The molecule has 1 fully saturated rings. The standard InChI is InChI=1S/C17H16N4O/c22-17(20-15-6-7-15)14-8-13-10-19-21(16(13)18-9-14)11-12-4-2-1-3-5-12/h1-5,8-10,15H,6-7,11H2,(H,20,22). The molecule has 0 saturated heterocycles. The van der Waals surface area contributed by atoms with Crippen LogP contribution in [0.15, 0.2) is 48.8 Å². The summed E-state index contributed by atoms with van der Waals surface area (Å²) in [7, 11) is 0. The van der Waals surface area contributed by atoms with Gasteiger partial charge in [0, 0.05) is 17.6 Å². The summed E-state index contributed by atoms with van der Waals surface area (Å²) in [5.41, 5.74) is 2.57. The van der Waals surface area contributed by atoms with Crippen molar-refractivity contribution in [1.82, 2.24) is 20.1 Å². The van der Waals surface area contributed by atoms with E-state index in [1.54, 1.807) is 12.4 Å². The van der Waals surface area contributed by atoms with Gasteiger partial charge in [0.25, 0.3) is 5.91 Å². The molecule has 1 amide bonds. The lowest BCUT2D eigenvalue weighted by Gasteiger charge is -2.05. The Morgan fingerprint density at radius 1 is 1.23 bits per heavy atom. The van der Waals surface area contributed by atoms with Crippen molar-refractivity contribution in [2.24, 2.45) is 0 Å². The lowest BCUT2D eigenvalue weighted by Crippen LogP contribution is -2.25. The van der Waals surface area contributed by atoms with Gasteiger partial charge in [-0.15, -0.1) is 0 Å². The minimum absolute atomic E-state index is 0.0484. The van der Waals surface area contributed by atoms with Crippen molar-refractivity contribution in [2.75, 3.05) is 0 Å². The Morgan fingerprint density at radius 2 is 2.05 bits per heavy atom. The molecule has 0 radical (unpaired) electrons. The lowest BCUT2D eigenvalue weighted by molar-refractivity contribution is 0.0951. The molecule has 0 spiro atoms. The lowest BCUT2D eigenvalue weighted by atomic mass is 10.2. The Balaban J connectivity index is 1.61. The summed E-state index contributed by atoms with van der Waals surface area (Å²) >= 11 is 0. The molecule has 0 bridgehead atoms. The van der Waals surface area contributed by atoms with Crippen molar-refractivity contribution < 1.29 is 4.79 Å². The first-order chi connectivity index (χ1) is 10.8. The molecule has 0 atom stereocenters. The van der Waals surface area contributed by atoms with Crippen LogP contribution < -0.4 is 5.32 Å². The average Bonchev–Trinajstić information content (AvgIpc) is 3.28. The van der Waals surface area contributed by atoms with E-state index in [1.807, 2.05) is 28.9 Å². The smallest absolute Gasteiger partial charge is 0.253 e. The minimum atomic E-state index is -0.0484. The topological polar surface area (TPSA) is 59.8 Å². The van der Waals surface area contributed by atoms with Crippen molar-refractivity contribution in [3.63, 3.8) is 0 Å². The van der Waals surface area contributed by atoms with E-state index in [9.17, 15) is 4.79 Å².